The first-order chi connectivity index (χ1) is 5.91. The number of aromatic nitrogens is 1. The first-order valence-corrected chi connectivity index (χ1v) is 4.54. The summed E-state index contributed by atoms with van der Waals surface area (Å²) in [5, 5.41) is -0.532. The van der Waals surface area contributed by atoms with Gasteiger partial charge in [0.05, 0.1) is 7.85 Å². The lowest BCUT2D eigenvalue weighted by Crippen LogP contribution is -2.14. The van der Waals surface area contributed by atoms with Crippen LogP contribution in [-0.4, -0.2) is 18.6 Å². The molecule has 0 aliphatic carbocycles. The molecule has 0 bridgehead atoms. The van der Waals surface area contributed by atoms with Crippen molar-refractivity contribution in [2.45, 2.75) is 18.9 Å². The molecule has 2 atom stereocenters. The molecular formula is C9H11BNOP. The van der Waals surface area contributed by atoms with Gasteiger partial charge in [-0.2, -0.15) is 0 Å². The lowest BCUT2D eigenvalue weighted by atomic mass is 9.84. The van der Waals surface area contributed by atoms with Crippen LogP contribution in [0.1, 0.15) is 29.9 Å². The SMILES string of the molecule is [B]C(C)(P)c1ccc(C(C)=O)cn1. The van der Waals surface area contributed by atoms with Gasteiger partial charge in [0.1, 0.15) is 0 Å². The van der Waals surface area contributed by atoms with E-state index in [0.29, 0.717) is 5.56 Å². The van der Waals surface area contributed by atoms with Gasteiger partial charge in [0.25, 0.3) is 0 Å². The van der Waals surface area contributed by atoms with E-state index in [9.17, 15) is 4.79 Å². The van der Waals surface area contributed by atoms with Gasteiger partial charge in [-0.05, 0) is 24.1 Å². The van der Waals surface area contributed by atoms with Crippen molar-refractivity contribution in [2.75, 3.05) is 0 Å². The van der Waals surface area contributed by atoms with Gasteiger partial charge in [0, 0.05) is 17.5 Å². The molecule has 0 amide bonds. The highest BCUT2D eigenvalue weighted by molar-refractivity contribution is 7.21. The van der Waals surface area contributed by atoms with Crippen molar-refractivity contribution in [3.63, 3.8) is 0 Å². The van der Waals surface area contributed by atoms with Gasteiger partial charge in [-0.1, -0.05) is 6.92 Å². The highest BCUT2D eigenvalue weighted by atomic mass is 31.0. The number of ketones is 1. The zero-order chi connectivity index (χ0) is 10.1. The highest BCUT2D eigenvalue weighted by Gasteiger charge is 2.14. The average Bonchev–Trinajstić information content (AvgIpc) is 2.03. The fourth-order valence-corrected chi connectivity index (χ4v) is 1.09. The average molecular weight is 191 g/mol. The van der Waals surface area contributed by atoms with E-state index in [4.69, 9.17) is 7.85 Å². The summed E-state index contributed by atoms with van der Waals surface area (Å²) >= 11 is 0. The molecule has 0 spiro atoms. The molecule has 0 N–H and O–H groups in total. The van der Waals surface area contributed by atoms with E-state index in [1.54, 1.807) is 18.3 Å². The Labute approximate surface area is 81.8 Å². The number of pyridine rings is 1. The number of hydrogen-bond donors (Lipinski definition) is 0. The smallest absolute Gasteiger partial charge is 0.161 e. The molecule has 1 aromatic heterocycles. The van der Waals surface area contributed by atoms with Crippen LogP contribution in [0.2, 0.25) is 0 Å². The quantitative estimate of drug-likeness (QED) is 0.402. The highest BCUT2D eigenvalue weighted by Crippen LogP contribution is 2.24. The van der Waals surface area contributed by atoms with Gasteiger partial charge in [-0.3, -0.25) is 9.78 Å². The van der Waals surface area contributed by atoms with Crippen LogP contribution in [0.15, 0.2) is 18.3 Å². The van der Waals surface area contributed by atoms with Crippen LogP contribution in [0.4, 0.5) is 0 Å². The Kier molecular flexibility index (Phi) is 2.87. The molecule has 2 nitrogen and oxygen atoms in total. The van der Waals surface area contributed by atoms with Crippen LogP contribution in [-0.2, 0) is 5.06 Å². The van der Waals surface area contributed by atoms with Gasteiger partial charge in [0.2, 0.25) is 0 Å². The second kappa shape index (κ2) is 3.59. The molecule has 1 heterocycles. The standard InChI is InChI=1S/C9H11BNOP/c1-6(12)7-3-4-8(11-5-7)9(2,10)13/h3-5H,13H2,1-2H3. The molecular weight excluding hydrogens is 180 g/mol. The summed E-state index contributed by atoms with van der Waals surface area (Å²) in [5.41, 5.74) is 1.36. The molecule has 4 heteroatoms. The van der Waals surface area contributed by atoms with E-state index < -0.39 is 5.06 Å². The zero-order valence-electron chi connectivity index (χ0n) is 7.74. The predicted octanol–water partition coefficient (Wildman–Crippen LogP) is 1.50. The summed E-state index contributed by atoms with van der Waals surface area (Å²) in [6.07, 6.45) is 1.55. The topological polar surface area (TPSA) is 30.0 Å². The molecule has 0 aromatic carbocycles. The van der Waals surface area contributed by atoms with Crippen molar-refractivity contribution in [2.24, 2.45) is 0 Å². The summed E-state index contributed by atoms with van der Waals surface area (Å²) in [5.74, 6) is 0.0153. The van der Waals surface area contributed by atoms with E-state index in [-0.39, 0.29) is 5.78 Å². The minimum Gasteiger partial charge on any atom is -0.294 e. The number of carbonyl (C=O) groups is 1. The van der Waals surface area contributed by atoms with Gasteiger partial charge in [0.15, 0.2) is 5.78 Å². The number of carbonyl (C=O) groups excluding carboxylic acids is 1. The Morgan fingerprint density at radius 3 is 2.54 bits per heavy atom. The van der Waals surface area contributed by atoms with E-state index >= 15 is 0 Å². The fourth-order valence-electron chi connectivity index (χ4n) is 0.921. The van der Waals surface area contributed by atoms with Crippen LogP contribution in [0.3, 0.4) is 0 Å². The fraction of sp³-hybridized carbons (Fsp3) is 0.333. The van der Waals surface area contributed by atoms with Crippen LogP contribution in [0.5, 0.6) is 0 Å². The third-order valence-electron chi connectivity index (χ3n) is 1.72. The van der Waals surface area contributed by atoms with Crippen molar-refractivity contribution in [1.82, 2.24) is 4.98 Å². The number of hydrogen-bond acceptors (Lipinski definition) is 2. The minimum absolute atomic E-state index is 0.0153. The summed E-state index contributed by atoms with van der Waals surface area (Å²) in [7, 11) is 8.30. The van der Waals surface area contributed by atoms with Gasteiger partial charge < -0.3 is 0 Å². The normalized spacial score (nSPS) is 15.0. The minimum atomic E-state index is -0.532. The summed E-state index contributed by atoms with van der Waals surface area (Å²) in [6, 6.07) is 3.50. The molecule has 0 aliphatic rings. The maximum absolute atomic E-state index is 10.9. The maximum atomic E-state index is 10.9. The molecule has 0 saturated carbocycles. The molecule has 2 radical (unpaired) electrons. The van der Waals surface area contributed by atoms with Gasteiger partial charge in [-0.25, -0.2) is 0 Å². The molecule has 13 heavy (non-hydrogen) atoms. The Morgan fingerprint density at radius 1 is 1.62 bits per heavy atom. The van der Waals surface area contributed by atoms with Gasteiger partial charge >= 0.3 is 0 Å². The van der Waals surface area contributed by atoms with E-state index in [0.717, 1.165) is 5.69 Å². The first kappa shape index (κ1) is 10.4. The number of nitrogens with zero attached hydrogens (tertiary/aromatic N) is 1. The maximum Gasteiger partial charge on any atom is 0.161 e. The van der Waals surface area contributed by atoms with E-state index in [1.165, 1.54) is 6.92 Å². The van der Waals surface area contributed by atoms with Crippen LogP contribution >= 0.6 is 9.24 Å². The van der Waals surface area contributed by atoms with Crippen molar-refractivity contribution in [3.8, 4) is 0 Å². The largest absolute Gasteiger partial charge is 0.294 e. The predicted molar refractivity (Wildman–Crippen MR) is 57.1 cm³/mol. The summed E-state index contributed by atoms with van der Waals surface area (Å²) < 4.78 is 0. The number of rotatable bonds is 2. The van der Waals surface area contributed by atoms with E-state index in [2.05, 4.69) is 14.2 Å². The van der Waals surface area contributed by atoms with Gasteiger partial charge in [-0.15, -0.1) is 9.24 Å². The Morgan fingerprint density at radius 2 is 2.23 bits per heavy atom. The molecule has 0 fully saturated rings. The summed E-state index contributed by atoms with van der Waals surface area (Å²) in [6.45, 7) is 3.35. The third-order valence-corrected chi connectivity index (χ3v) is 2.02. The Bertz CT molecular complexity index is 315. The second-order valence-electron chi connectivity index (χ2n) is 3.27. The molecule has 1 aromatic rings. The van der Waals surface area contributed by atoms with E-state index in [1.807, 2.05) is 6.92 Å². The molecule has 1 rings (SSSR count). The van der Waals surface area contributed by atoms with Crippen LogP contribution in [0, 0.1) is 0 Å². The second-order valence-corrected chi connectivity index (χ2v) is 4.47. The lowest BCUT2D eigenvalue weighted by molar-refractivity contribution is 0.101. The van der Waals surface area contributed by atoms with Crippen molar-refractivity contribution in [1.29, 1.82) is 0 Å². The number of Topliss-reactive ketones (excluding diaryl/α,β-unsaturated/α-hetero) is 1. The molecule has 66 valence electrons. The van der Waals surface area contributed by atoms with Crippen molar-refractivity contribution in [3.05, 3.63) is 29.6 Å². The van der Waals surface area contributed by atoms with Crippen LogP contribution < -0.4 is 0 Å². The lowest BCUT2D eigenvalue weighted by Gasteiger charge is -2.17. The first-order valence-electron chi connectivity index (χ1n) is 3.96. The Balaban J connectivity index is 3.01. The van der Waals surface area contributed by atoms with Crippen molar-refractivity contribution >= 4 is 22.9 Å². The molecule has 0 aliphatic heterocycles. The van der Waals surface area contributed by atoms with Crippen molar-refractivity contribution < 1.29 is 4.79 Å². The Hall–Kier alpha value is -0.685. The molecule has 0 saturated heterocycles. The zero-order valence-corrected chi connectivity index (χ0v) is 8.90. The van der Waals surface area contributed by atoms with Crippen LogP contribution in [0.25, 0.3) is 0 Å². The summed E-state index contributed by atoms with van der Waals surface area (Å²) in [4.78, 5) is 15.0. The third kappa shape index (κ3) is 2.63. The monoisotopic (exact) mass is 191 g/mol. The molecule has 2 unspecified atom stereocenters.